The first-order valence-electron chi connectivity index (χ1n) is 17.0. The number of anilines is 2. The summed E-state index contributed by atoms with van der Waals surface area (Å²) < 4.78 is 18.1. The number of aliphatic hydroxyl groups is 1. The maximum atomic E-state index is 14.9. The third-order valence-corrected chi connectivity index (χ3v) is 15.2. The second kappa shape index (κ2) is 13.5. The summed E-state index contributed by atoms with van der Waals surface area (Å²) in [4.78, 5) is 31.5. The Morgan fingerprint density at radius 2 is 1.60 bits per heavy atom. The number of methoxy groups -OCH3 is 2. The lowest BCUT2D eigenvalue weighted by Crippen LogP contribution is -2.51. The van der Waals surface area contributed by atoms with Gasteiger partial charge in [0.05, 0.1) is 40.6 Å². The molecule has 3 heterocycles. The Kier molecular flexibility index (Phi) is 9.51. The van der Waals surface area contributed by atoms with E-state index in [1.165, 1.54) is 5.19 Å². The van der Waals surface area contributed by atoms with Crippen molar-refractivity contribution in [2.45, 2.75) is 82.3 Å². The molecule has 0 bridgehead atoms. The van der Waals surface area contributed by atoms with Crippen molar-refractivity contribution < 1.29 is 28.9 Å². The van der Waals surface area contributed by atoms with E-state index in [0.717, 1.165) is 60.5 Å². The first-order chi connectivity index (χ1) is 22.6. The molecule has 2 fully saturated rings. The molecule has 0 radical (unpaired) electrons. The standard InChI is InChI=1S/C38H48N2O6Si/c1-26-36(47(4,5)31-18-15-29(44-2)16-19-31)34(21-23-41)46-38(26)32-24-30(45-3)17-20-33(32)40(37(38)43)25-27-11-13-28(14-12-27)39-22-9-7-6-8-10-35(39)42/h11-20,24,26,34,36,41H,6-10,21-23,25H2,1-5H3/t26-,34+,36-,38+/m1/s1. The minimum Gasteiger partial charge on any atom is -0.497 e. The van der Waals surface area contributed by atoms with Gasteiger partial charge < -0.3 is 29.1 Å². The summed E-state index contributed by atoms with van der Waals surface area (Å²) in [6.45, 7) is 7.92. The Morgan fingerprint density at radius 3 is 2.28 bits per heavy atom. The SMILES string of the molecule is COc1ccc([Si](C)(C)[C@H]2[C@H](CCO)O[C@@]3(C(=O)N(Cc4ccc(N5CCCCCCC5=O)cc4)c4ccc(OC)cc43)[C@@H]2C)cc1. The Balaban J connectivity index is 1.35. The fraction of sp³-hybridized carbons (Fsp3) is 0.474. The molecule has 0 unspecified atom stereocenters. The number of ether oxygens (including phenoxy) is 3. The van der Waals surface area contributed by atoms with Gasteiger partial charge in [-0.1, -0.05) is 62.3 Å². The van der Waals surface area contributed by atoms with Crippen LogP contribution in [0.2, 0.25) is 18.6 Å². The van der Waals surface area contributed by atoms with Gasteiger partial charge in [0.2, 0.25) is 5.91 Å². The average Bonchev–Trinajstić information content (AvgIpc) is 3.49. The molecule has 6 rings (SSSR count). The van der Waals surface area contributed by atoms with Crippen LogP contribution in [0.1, 0.15) is 56.6 Å². The van der Waals surface area contributed by atoms with Crippen LogP contribution in [0.4, 0.5) is 11.4 Å². The number of amides is 2. The van der Waals surface area contributed by atoms with Gasteiger partial charge in [-0.2, -0.15) is 0 Å². The first kappa shape index (κ1) is 33.2. The van der Waals surface area contributed by atoms with E-state index in [0.29, 0.717) is 25.1 Å². The topological polar surface area (TPSA) is 88.5 Å². The number of hydrogen-bond donors (Lipinski definition) is 1. The summed E-state index contributed by atoms with van der Waals surface area (Å²) in [7, 11) is 1.03. The quantitative estimate of drug-likeness (QED) is 0.278. The van der Waals surface area contributed by atoms with Crippen molar-refractivity contribution in [3.05, 3.63) is 77.9 Å². The van der Waals surface area contributed by atoms with Crippen LogP contribution in [0, 0.1) is 5.92 Å². The minimum atomic E-state index is -2.27. The molecular weight excluding hydrogens is 609 g/mol. The van der Waals surface area contributed by atoms with Gasteiger partial charge in [0.1, 0.15) is 11.5 Å². The van der Waals surface area contributed by atoms with Gasteiger partial charge >= 0.3 is 0 Å². The maximum Gasteiger partial charge on any atom is 0.264 e. The van der Waals surface area contributed by atoms with Crippen LogP contribution in [-0.4, -0.2) is 58.5 Å². The van der Waals surface area contributed by atoms with Crippen LogP contribution in [0.15, 0.2) is 66.7 Å². The monoisotopic (exact) mass is 656 g/mol. The molecule has 3 aromatic carbocycles. The van der Waals surface area contributed by atoms with E-state index in [1.807, 2.05) is 64.4 Å². The lowest BCUT2D eigenvalue weighted by atomic mass is 9.82. The third-order valence-electron chi connectivity index (χ3n) is 10.9. The lowest BCUT2D eigenvalue weighted by Gasteiger charge is -2.37. The molecule has 0 aliphatic carbocycles. The molecule has 3 aliphatic heterocycles. The number of carbonyl (C=O) groups excluding carboxylic acids is 2. The number of nitrogens with zero attached hydrogens (tertiary/aromatic N) is 2. The van der Waals surface area contributed by atoms with Crippen molar-refractivity contribution >= 4 is 36.4 Å². The van der Waals surface area contributed by atoms with E-state index in [2.05, 4.69) is 32.2 Å². The molecule has 4 atom stereocenters. The van der Waals surface area contributed by atoms with Crippen molar-refractivity contribution in [2.24, 2.45) is 5.92 Å². The third kappa shape index (κ3) is 5.87. The first-order valence-corrected chi connectivity index (χ1v) is 20.1. The van der Waals surface area contributed by atoms with Gasteiger partial charge in [-0.25, -0.2) is 0 Å². The number of fused-ring (bicyclic) bond motifs is 2. The smallest absolute Gasteiger partial charge is 0.264 e. The van der Waals surface area contributed by atoms with Gasteiger partial charge in [0.15, 0.2) is 5.60 Å². The second-order valence-corrected chi connectivity index (χ2v) is 18.5. The van der Waals surface area contributed by atoms with Crippen molar-refractivity contribution in [2.75, 3.05) is 37.2 Å². The molecule has 9 heteroatoms. The average molecular weight is 657 g/mol. The van der Waals surface area contributed by atoms with Crippen LogP contribution in [0.5, 0.6) is 11.5 Å². The highest BCUT2D eigenvalue weighted by atomic mass is 28.3. The Morgan fingerprint density at radius 1 is 0.915 bits per heavy atom. The molecule has 47 heavy (non-hydrogen) atoms. The molecule has 8 nitrogen and oxygen atoms in total. The molecule has 2 amide bonds. The zero-order valence-corrected chi connectivity index (χ0v) is 29.3. The van der Waals surface area contributed by atoms with E-state index < -0.39 is 13.7 Å². The van der Waals surface area contributed by atoms with Gasteiger partial charge in [-0.15, -0.1) is 0 Å². The molecular formula is C38H48N2O6Si. The largest absolute Gasteiger partial charge is 0.497 e. The van der Waals surface area contributed by atoms with E-state index in [9.17, 15) is 14.7 Å². The van der Waals surface area contributed by atoms with Crippen LogP contribution in [0.25, 0.3) is 0 Å². The number of benzene rings is 3. The predicted molar refractivity (Wildman–Crippen MR) is 187 cm³/mol. The van der Waals surface area contributed by atoms with Crippen molar-refractivity contribution in [3.63, 3.8) is 0 Å². The summed E-state index contributed by atoms with van der Waals surface area (Å²) in [5, 5.41) is 11.5. The van der Waals surface area contributed by atoms with Crippen molar-refractivity contribution in [3.8, 4) is 11.5 Å². The lowest BCUT2D eigenvalue weighted by molar-refractivity contribution is -0.146. The molecule has 0 saturated carbocycles. The zero-order valence-electron chi connectivity index (χ0n) is 28.3. The molecule has 3 aliphatic rings. The highest BCUT2D eigenvalue weighted by molar-refractivity contribution is 6.91. The molecule has 3 aromatic rings. The van der Waals surface area contributed by atoms with Gasteiger partial charge in [0.25, 0.3) is 5.91 Å². The van der Waals surface area contributed by atoms with Gasteiger partial charge in [-0.05, 0) is 72.8 Å². The molecule has 0 aromatic heterocycles. The normalized spacial score (nSPS) is 24.8. The van der Waals surface area contributed by atoms with Crippen LogP contribution >= 0.6 is 0 Å². The van der Waals surface area contributed by atoms with Gasteiger partial charge in [0, 0.05) is 36.7 Å². The van der Waals surface area contributed by atoms with E-state index in [-0.39, 0.29) is 36.0 Å². The van der Waals surface area contributed by atoms with Gasteiger partial charge in [-0.3, -0.25) is 9.59 Å². The predicted octanol–water partition coefficient (Wildman–Crippen LogP) is 6.15. The Labute approximate surface area is 279 Å². The highest BCUT2D eigenvalue weighted by Crippen LogP contribution is 2.60. The number of aliphatic hydroxyl groups excluding tert-OH is 1. The molecule has 1 N–H and O–H groups in total. The van der Waals surface area contributed by atoms with Crippen LogP contribution < -0.4 is 24.5 Å². The number of rotatable bonds is 9. The van der Waals surface area contributed by atoms with E-state index in [1.54, 1.807) is 14.2 Å². The Hall–Kier alpha value is -3.66. The summed E-state index contributed by atoms with van der Waals surface area (Å²) in [6, 6.07) is 22.2. The highest BCUT2D eigenvalue weighted by Gasteiger charge is 2.66. The summed E-state index contributed by atoms with van der Waals surface area (Å²) in [6.07, 6.45) is 4.95. The fourth-order valence-electron chi connectivity index (χ4n) is 8.37. The van der Waals surface area contributed by atoms with Crippen LogP contribution in [0.3, 0.4) is 0 Å². The number of carbonyl (C=O) groups is 2. The summed E-state index contributed by atoms with van der Waals surface area (Å²) >= 11 is 0. The number of hydrogen-bond acceptors (Lipinski definition) is 6. The molecule has 250 valence electrons. The van der Waals surface area contributed by atoms with Crippen LogP contribution in [-0.2, 0) is 26.5 Å². The van der Waals surface area contributed by atoms with E-state index in [4.69, 9.17) is 14.2 Å². The molecule has 2 saturated heterocycles. The minimum absolute atomic E-state index is 0.0220. The van der Waals surface area contributed by atoms with Crippen molar-refractivity contribution in [1.82, 2.24) is 0 Å². The Bertz CT molecular complexity index is 1590. The fourth-order valence-corrected chi connectivity index (χ4v) is 12.4. The summed E-state index contributed by atoms with van der Waals surface area (Å²) in [5.74, 6) is 1.41. The van der Waals surface area contributed by atoms with E-state index >= 15 is 0 Å². The maximum absolute atomic E-state index is 14.9. The summed E-state index contributed by atoms with van der Waals surface area (Å²) in [5.41, 5.74) is 2.37. The molecule has 1 spiro atoms. The zero-order chi connectivity index (χ0) is 33.3. The van der Waals surface area contributed by atoms with Crippen molar-refractivity contribution in [1.29, 1.82) is 0 Å². The second-order valence-electron chi connectivity index (χ2n) is 13.8.